The highest BCUT2D eigenvalue weighted by atomic mass is 32.2. The van der Waals surface area contributed by atoms with Crippen molar-refractivity contribution < 1.29 is 17.9 Å². The Labute approximate surface area is 197 Å². The van der Waals surface area contributed by atoms with Crippen LogP contribution in [0.4, 0.5) is 13.2 Å². The van der Waals surface area contributed by atoms with Gasteiger partial charge in [0.1, 0.15) is 17.4 Å². The second-order valence-electron chi connectivity index (χ2n) is 6.91. The fraction of sp³-hybridized carbons (Fsp3) is 0.174. The zero-order valence-electron chi connectivity index (χ0n) is 17.3. The maximum Gasteiger partial charge on any atom is 0.416 e. The van der Waals surface area contributed by atoms with Gasteiger partial charge in [-0.3, -0.25) is 4.57 Å². The number of hydrogen-bond acceptors (Lipinski definition) is 6. The SMILES string of the molecule is C=CCn1c(COc2cccc(C(F)(F)F)c2)nnc1SCc1csc(-c2ccccc2)n1. The highest BCUT2D eigenvalue weighted by molar-refractivity contribution is 7.98. The van der Waals surface area contributed by atoms with Gasteiger partial charge in [-0.25, -0.2) is 4.98 Å². The molecule has 0 atom stereocenters. The minimum Gasteiger partial charge on any atom is -0.486 e. The van der Waals surface area contributed by atoms with Crippen LogP contribution in [0.15, 0.2) is 77.8 Å². The third-order valence-corrected chi connectivity index (χ3v) is 6.50. The minimum atomic E-state index is -4.43. The predicted molar refractivity (Wildman–Crippen MR) is 123 cm³/mol. The van der Waals surface area contributed by atoms with Crippen molar-refractivity contribution in [1.82, 2.24) is 19.7 Å². The Kier molecular flexibility index (Phi) is 7.14. The van der Waals surface area contributed by atoms with Gasteiger partial charge in [0.15, 0.2) is 11.0 Å². The molecule has 2 aromatic carbocycles. The minimum absolute atomic E-state index is 0.0163. The molecule has 0 amide bonds. The van der Waals surface area contributed by atoms with E-state index in [4.69, 9.17) is 4.74 Å². The molecule has 0 saturated carbocycles. The van der Waals surface area contributed by atoms with Crippen molar-refractivity contribution in [2.45, 2.75) is 30.2 Å². The number of thioether (sulfide) groups is 1. The van der Waals surface area contributed by atoms with Gasteiger partial charge in [-0.15, -0.1) is 28.1 Å². The molecule has 0 fully saturated rings. The average Bonchev–Trinajstić information content (AvgIpc) is 3.44. The van der Waals surface area contributed by atoms with E-state index in [0.29, 0.717) is 23.3 Å². The molecule has 0 unspecified atom stereocenters. The number of halogens is 3. The third kappa shape index (κ3) is 5.82. The molecule has 0 aliphatic heterocycles. The summed E-state index contributed by atoms with van der Waals surface area (Å²) in [6.07, 6.45) is -2.72. The molecule has 5 nitrogen and oxygen atoms in total. The predicted octanol–water partition coefficient (Wildman–Crippen LogP) is 6.48. The van der Waals surface area contributed by atoms with E-state index in [0.717, 1.165) is 28.4 Å². The van der Waals surface area contributed by atoms with Crippen LogP contribution in [-0.4, -0.2) is 19.7 Å². The quantitative estimate of drug-likeness (QED) is 0.199. The lowest BCUT2D eigenvalue weighted by Gasteiger charge is -2.11. The Hall–Kier alpha value is -3.11. The van der Waals surface area contributed by atoms with Crippen molar-refractivity contribution in [2.24, 2.45) is 0 Å². The number of thiazole rings is 1. The summed E-state index contributed by atoms with van der Waals surface area (Å²) in [4.78, 5) is 4.69. The number of aromatic nitrogens is 4. The Bertz CT molecular complexity index is 1220. The molecule has 0 saturated heterocycles. The van der Waals surface area contributed by atoms with Gasteiger partial charge in [0.2, 0.25) is 0 Å². The van der Waals surface area contributed by atoms with Crippen molar-refractivity contribution in [1.29, 1.82) is 0 Å². The van der Waals surface area contributed by atoms with E-state index in [1.807, 2.05) is 40.3 Å². The van der Waals surface area contributed by atoms with Crippen LogP contribution in [-0.2, 0) is 25.1 Å². The summed E-state index contributed by atoms with van der Waals surface area (Å²) in [7, 11) is 0. The van der Waals surface area contributed by atoms with Gasteiger partial charge in [-0.05, 0) is 18.2 Å². The van der Waals surface area contributed by atoms with Gasteiger partial charge < -0.3 is 4.74 Å². The van der Waals surface area contributed by atoms with E-state index in [1.54, 1.807) is 17.4 Å². The van der Waals surface area contributed by atoms with E-state index in [1.165, 1.54) is 23.9 Å². The first-order chi connectivity index (χ1) is 15.9. The zero-order chi connectivity index (χ0) is 23.3. The fourth-order valence-electron chi connectivity index (χ4n) is 2.98. The average molecular weight is 489 g/mol. The van der Waals surface area contributed by atoms with Gasteiger partial charge in [0.05, 0.1) is 11.3 Å². The summed E-state index contributed by atoms with van der Waals surface area (Å²) < 4.78 is 46.2. The number of hydrogen-bond donors (Lipinski definition) is 0. The fourth-order valence-corrected chi connectivity index (χ4v) is 4.77. The van der Waals surface area contributed by atoms with E-state index < -0.39 is 11.7 Å². The summed E-state index contributed by atoms with van der Waals surface area (Å²) >= 11 is 3.06. The van der Waals surface area contributed by atoms with E-state index in [-0.39, 0.29) is 12.4 Å². The van der Waals surface area contributed by atoms with Crippen LogP contribution in [0.3, 0.4) is 0 Å². The van der Waals surface area contributed by atoms with E-state index in [2.05, 4.69) is 21.8 Å². The molecule has 4 rings (SSSR count). The molecule has 4 aromatic rings. The van der Waals surface area contributed by atoms with E-state index >= 15 is 0 Å². The van der Waals surface area contributed by atoms with Gasteiger partial charge in [-0.1, -0.05) is 54.2 Å². The Morgan fingerprint density at radius 2 is 1.91 bits per heavy atom. The standard InChI is InChI=1S/C23H19F3N4OS2/c1-2-11-30-20(13-31-19-10-6-9-17(12-19)23(24,25)26)28-29-22(30)33-15-18-14-32-21(27-18)16-7-4-3-5-8-16/h2-10,12,14H,1,11,13,15H2. The molecule has 0 bridgehead atoms. The molecule has 0 aliphatic carbocycles. The highest BCUT2D eigenvalue weighted by Gasteiger charge is 2.30. The van der Waals surface area contributed by atoms with Crippen molar-refractivity contribution in [2.75, 3.05) is 0 Å². The van der Waals surface area contributed by atoms with Crippen molar-refractivity contribution in [3.8, 4) is 16.3 Å². The zero-order valence-corrected chi connectivity index (χ0v) is 19.0. The monoisotopic (exact) mass is 488 g/mol. The molecule has 0 radical (unpaired) electrons. The molecule has 10 heteroatoms. The first kappa shape index (κ1) is 23.1. The van der Waals surface area contributed by atoms with Gasteiger partial charge >= 0.3 is 6.18 Å². The first-order valence-electron chi connectivity index (χ1n) is 9.89. The number of benzene rings is 2. The molecule has 0 aliphatic rings. The molecule has 2 aromatic heterocycles. The van der Waals surface area contributed by atoms with Crippen molar-refractivity contribution in [3.63, 3.8) is 0 Å². The van der Waals surface area contributed by atoms with Crippen LogP contribution in [0.25, 0.3) is 10.6 Å². The van der Waals surface area contributed by atoms with Gasteiger partial charge in [0, 0.05) is 23.2 Å². The smallest absolute Gasteiger partial charge is 0.416 e. The Balaban J connectivity index is 1.43. The number of allylic oxidation sites excluding steroid dienone is 1. The maximum atomic E-state index is 12.9. The second-order valence-corrected chi connectivity index (χ2v) is 8.71. The number of alkyl halides is 3. The number of rotatable bonds is 9. The third-order valence-electron chi connectivity index (χ3n) is 4.56. The second kappa shape index (κ2) is 10.2. The van der Waals surface area contributed by atoms with Crippen LogP contribution in [0.1, 0.15) is 17.1 Å². The van der Waals surface area contributed by atoms with Crippen LogP contribution in [0.5, 0.6) is 5.75 Å². The largest absolute Gasteiger partial charge is 0.486 e. The normalized spacial score (nSPS) is 11.5. The van der Waals surface area contributed by atoms with Gasteiger partial charge in [-0.2, -0.15) is 13.2 Å². The molecule has 33 heavy (non-hydrogen) atoms. The van der Waals surface area contributed by atoms with Crippen LogP contribution < -0.4 is 4.74 Å². The molecular formula is C23H19F3N4OS2. The van der Waals surface area contributed by atoms with Crippen LogP contribution in [0.2, 0.25) is 0 Å². The van der Waals surface area contributed by atoms with Crippen molar-refractivity contribution >= 4 is 23.1 Å². The summed E-state index contributed by atoms with van der Waals surface area (Å²) in [5, 5.41) is 12.0. The topological polar surface area (TPSA) is 52.8 Å². The highest BCUT2D eigenvalue weighted by Crippen LogP contribution is 2.32. The lowest BCUT2D eigenvalue weighted by atomic mass is 10.2. The first-order valence-corrected chi connectivity index (χ1v) is 11.8. The van der Waals surface area contributed by atoms with Gasteiger partial charge in [0.25, 0.3) is 0 Å². The van der Waals surface area contributed by atoms with Crippen LogP contribution in [0, 0.1) is 0 Å². The Morgan fingerprint density at radius 3 is 2.67 bits per heavy atom. The number of ether oxygens (including phenoxy) is 1. The van der Waals surface area contributed by atoms with Crippen LogP contribution >= 0.6 is 23.1 Å². The maximum absolute atomic E-state index is 12.9. The summed E-state index contributed by atoms with van der Waals surface area (Å²) in [6.45, 7) is 4.20. The lowest BCUT2D eigenvalue weighted by molar-refractivity contribution is -0.137. The Morgan fingerprint density at radius 1 is 1.09 bits per heavy atom. The molecule has 2 heterocycles. The molecule has 170 valence electrons. The van der Waals surface area contributed by atoms with Crippen molar-refractivity contribution in [3.05, 3.63) is 89.7 Å². The number of nitrogens with zero attached hydrogens (tertiary/aromatic N) is 4. The molecule has 0 spiro atoms. The molecule has 0 N–H and O–H groups in total. The molecular weight excluding hydrogens is 469 g/mol. The summed E-state index contributed by atoms with van der Waals surface area (Å²) in [5.74, 6) is 1.22. The lowest BCUT2D eigenvalue weighted by Crippen LogP contribution is -2.08. The summed E-state index contributed by atoms with van der Waals surface area (Å²) in [6, 6.07) is 14.7. The van der Waals surface area contributed by atoms with E-state index in [9.17, 15) is 13.2 Å². The summed E-state index contributed by atoms with van der Waals surface area (Å²) in [5.41, 5.74) is 1.24.